The van der Waals surface area contributed by atoms with E-state index in [1.54, 1.807) is 12.3 Å². The molecule has 1 saturated heterocycles. The number of nitrogens with zero attached hydrogens (tertiary/aromatic N) is 2. The van der Waals surface area contributed by atoms with Crippen LogP contribution in [0.4, 0.5) is 10.6 Å². The summed E-state index contributed by atoms with van der Waals surface area (Å²) in [6.07, 6.45) is 2.88. The van der Waals surface area contributed by atoms with E-state index in [0.717, 1.165) is 10.5 Å². The number of primary amides is 1. The minimum absolute atomic E-state index is 0.107. The average molecular weight is 246 g/mol. The average Bonchev–Trinajstić information content (AvgIpc) is 2.32. The van der Waals surface area contributed by atoms with Gasteiger partial charge < -0.3 is 11.5 Å². The van der Waals surface area contributed by atoms with Crippen molar-refractivity contribution >= 4 is 25.6 Å². The zero-order valence-electron chi connectivity index (χ0n) is 10.2. The van der Waals surface area contributed by atoms with Crippen molar-refractivity contribution in [3.8, 4) is 0 Å². The van der Waals surface area contributed by atoms with Gasteiger partial charge in [0.15, 0.2) is 0 Å². The van der Waals surface area contributed by atoms with Crippen LogP contribution in [0.2, 0.25) is 6.32 Å². The number of nitrogen functional groups attached to an aromatic ring is 1. The number of nitrogens with two attached hydrogens (primary N) is 2. The van der Waals surface area contributed by atoms with Crippen molar-refractivity contribution in [1.29, 1.82) is 0 Å². The Balaban J connectivity index is 2.11. The zero-order valence-corrected chi connectivity index (χ0v) is 10.2. The molecule has 6 nitrogen and oxygen atoms in total. The van der Waals surface area contributed by atoms with Crippen LogP contribution >= 0.6 is 0 Å². The van der Waals surface area contributed by atoms with Gasteiger partial charge in [-0.3, -0.25) is 9.69 Å². The second-order valence-corrected chi connectivity index (χ2v) is 4.42. The highest BCUT2D eigenvalue weighted by Crippen LogP contribution is 2.31. The van der Waals surface area contributed by atoms with Gasteiger partial charge in [-0.25, -0.2) is 9.78 Å². The quantitative estimate of drug-likeness (QED) is 0.536. The molecule has 1 aliphatic rings. The molecule has 1 aromatic heterocycles. The summed E-state index contributed by atoms with van der Waals surface area (Å²) < 4.78 is 0. The first-order valence-corrected chi connectivity index (χ1v) is 5.87. The Kier molecular flexibility index (Phi) is 3.22. The Bertz CT molecular complexity index is 494. The maximum absolute atomic E-state index is 11.8. The van der Waals surface area contributed by atoms with Crippen LogP contribution < -0.4 is 11.5 Å². The highest BCUT2D eigenvalue weighted by atomic mass is 16.2. The number of amides is 3. The van der Waals surface area contributed by atoms with Crippen molar-refractivity contribution in [3.05, 3.63) is 23.9 Å². The van der Waals surface area contributed by atoms with Crippen LogP contribution in [0.25, 0.3) is 0 Å². The summed E-state index contributed by atoms with van der Waals surface area (Å²) in [4.78, 5) is 28.0. The molecule has 0 spiro atoms. The maximum Gasteiger partial charge on any atom is 0.321 e. The molecule has 0 saturated carbocycles. The van der Waals surface area contributed by atoms with Crippen LogP contribution in [0.15, 0.2) is 18.3 Å². The van der Waals surface area contributed by atoms with Gasteiger partial charge in [-0.2, -0.15) is 0 Å². The molecule has 1 fully saturated rings. The number of imide groups is 1. The predicted octanol–water partition coefficient (Wildman–Crippen LogP) is -0.837. The Hall–Kier alpha value is -2.05. The first-order chi connectivity index (χ1) is 8.54. The molecule has 0 bridgehead atoms. The first-order valence-electron chi connectivity index (χ1n) is 5.87. The van der Waals surface area contributed by atoms with E-state index in [1.165, 1.54) is 0 Å². The van der Waals surface area contributed by atoms with Crippen LogP contribution in [-0.4, -0.2) is 35.7 Å². The van der Waals surface area contributed by atoms with E-state index >= 15 is 0 Å². The summed E-state index contributed by atoms with van der Waals surface area (Å²) in [7, 11) is 1.93. The molecule has 2 heterocycles. The second-order valence-electron chi connectivity index (χ2n) is 4.42. The van der Waals surface area contributed by atoms with Gasteiger partial charge in [0.05, 0.1) is 5.92 Å². The zero-order chi connectivity index (χ0) is 13.3. The maximum atomic E-state index is 11.8. The van der Waals surface area contributed by atoms with Gasteiger partial charge in [0.1, 0.15) is 13.7 Å². The minimum Gasteiger partial charge on any atom is -0.384 e. The Labute approximate surface area is 106 Å². The van der Waals surface area contributed by atoms with E-state index in [9.17, 15) is 9.59 Å². The lowest BCUT2D eigenvalue weighted by Crippen LogP contribution is -2.64. The fourth-order valence-corrected chi connectivity index (χ4v) is 2.44. The Morgan fingerprint density at radius 2 is 2.28 bits per heavy atom. The van der Waals surface area contributed by atoms with Crippen LogP contribution in [0.5, 0.6) is 0 Å². The molecule has 0 aromatic carbocycles. The van der Waals surface area contributed by atoms with Crippen LogP contribution in [-0.2, 0) is 11.2 Å². The highest BCUT2D eigenvalue weighted by Gasteiger charge is 2.48. The number of hydrogen-bond donors (Lipinski definition) is 2. The van der Waals surface area contributed by atoms with E-state index in [4.69, 9.17) is 11.5 Å². The third kappa shape index (κ3) is 2.03. The molecule has 1 aromatic rings. The number of β-lactam (4-membered cyclic amide) rings is 1. The summed E-state index contributed by atoms with van der Waals surface area (Å²) in [6.45, 7) is 0. The summed E-state index contributed by atoms with van der Waals surface area (Å²) in [6, 6.07) is 2.79. The first kappa shape index (κ1) is 12.4. The number of urea groups is 1. The Morgan fingerprint density at radius 1 is 1.56 bits per heavy atom. The Morgan fingerprint density at radius 3 is 2.83 bits per heavy atom. The smallest absolute Gasteiger partial charge is 0.321 e. The second kappa shape index (κ2) is 4.68. The van der Waals surface area contributed by atoms with E-state index < -0.39 is 6.03 Å². The van der Waals surface area contributed by atoms with E-state index in [2.05, 4.69) is 4.98 Å². The number of rotatable bonds is 3. The number of carbonyl (C=O) groups excluding carboxylic acids is 2. The molecule has 0 aliphatic carbocycles. The van der Waals surface area contributed by atoms with Crippen molar-refractivity contribution in [1.82, 2.24) is 9.88 Å². The molecule has 1 aliphatic heterocycles. The number of aromatic nitrogens is 1. The molecule has 1 unspecified atom stereocenters. The van der Waals surface area contributed by atoms with Crippen molar-refractivity contribution in [3.63, 3.8) is 0 Å². The fraction of sp³-hybridized carbons (Fsp3) is 0.364. The monoisotopic (exact) mass is 246 g/mol. The fourth-order valence-electron chi connectivity index (χ4n) is 2.44. The molecule has 0 radical (unpaired) electrons. The lowest BCUT2D eigenvalue weighted by atomic mass is 9.76. The van der Waals surface area contributed by atoms with Gasteiger partial charge in [0.2, 0.25) is 5.91 Å². The summed E-state index contributed by atoms with van der Waals surface area (Å²) in [5.41, 5.74) is 11.7. The molecule has 3 amide bonds. The topological polar surface area (TPSA) is 102 Å². The molecule has 94 valence electrons. The lowest BCUT2D eigenvalue weighted by molar-refractivity contribution is -0.148. The molecule has 18 heavy (non-hydrogen) atoms. The predicted molar refractivity (Wildman–Crippen MR) is 69.4 cm³/mol. The van der Waals surface area contributed by atoms with E-state index in [1.807, 2.05) is 13.9 Å². The van der Waals surface area contributed by atoms with Gasteiger partial charge in [0, 0.05) is 12.2 Å². The summed E-state index contributed by atoms with van der Waals surface area (Å²) in [5, 5.41) is 0. The van der Waals surface area contributed by atoms with Crippen LogP contribution in [0.3, 0.4) is 0 Å². The van der Waals surface area contributed by atoms with E-state index in [-0.39, 0.29) is 17.9 Å². The lowest BCUT2D eigenvalue weighted by Gasteiger charge is -2.44. The summed E-state index contributed by atoms with van der Waals surface area (Å²) >= 11 is 0. The van der Waals surface area contributed by atoms with Gasteiger partial charge in [0.25, 0.3) is 0 Å². The molecule has 2 rings (SSSR count). The third-order valence-electron chi connectivity index (χ3n) is 3.31. The third-order valence-corrected chi connectivity index (χ3v) is 3.31. The van der Waals surface area contributed by atoms with Crippen molar-refractivity contribution < 1.29 is 9.59 Å². The van der Waals surface area contributed by atoms with Crippen molar-refractivity contribution in [2.45, 2.75) is 18.8 Å². The van der Waals surface area contributed by atoms with Gasteiger partial charge in [-0.1, -0.05) is 6.32 Å². The van der Waals surface area contributed by atoms with E-state index in [0.29, 0.717) is 18.6 Å². The molecule has 2 atom stereocenters. The summed E-state index contributed by atoms with van der Waals surface area (Å²) in [5.74, 6) is 0.0353. The SMILES string of the molecule is BCC1[C@@H](Cc2ccnc(N)c2)C(=O)N1C(N)=O. The minimum atomic E-state index is -0.669. The number of hydrogen-bond acceptors (Lipinski definition) is 4. The van der Waals surface area contributed by atoms with Crippen LogP contribution in [0, 0.1) is 5.92 Å². The molecular weight excluding hydrogens is 231 g/mol. The highest BCUT2D eigenvalue weighted by molar-refractivity contribution is 6.11. The van der Waals surface area contributed by atoms with Gasteiger partial charge in [-0.15, -0.1) is 0 Å². The van der Waals surface area contributed by atoms with Crippen molar-refractivity contribution in [2.75, 3.05) is 5.73 Å². The standard InChI is InChI=1S/C11H15BN4O2/c12-5-8-7(10(17)16(8)11(14)18)3-6-1-2-15-9(13)4-6/h1-2,4,7-8H,3,5,12H2,(H2,13,15)(H2,14,18)/t7-,8?/m1/s1. The molecule has 7 heteroatoms. The molecule has 4 N–H and O–H groups in total. The normalized spacial score (nSPS) is 22.7. The largest absolute Gasteiger partial charge is 0.384 e. The number of carbonyl (C=O) groups is 2. The molecular formula is C11H15BN4O2. The number of likely N-dealkylation sites (tertiary alicyclic amines) is 1. The van der Waals surface area contributed by atoms with Crippen molar-refractivity contribution in [2.24, 2.45) is 11.7 Å². The van der Waals surface area contributed by atoms with Gasteiger partial charge in [-0.05, 0) is 24.1 Å². The number of anilines is 1. The van der Waals surface area contributed by atoms with Crippen LogP contribution in [0.1, 0.15) is 5.56 Å². The number of pyridine rings is 1. The van der Waals surface area contributed by atoms with Gasteiger partial charge >= 0.3 is 6.03 Å².